The van der Waals surface area contributed by atoms with Gasteiger partial charge in [0.05, 0.1) is 12.8 Å². The van der Waals surface area contributed by atoms with Crippen molar-refractivity contribution in [1.29, 1.82) is 0 Å². The van der Waals surface area contributed by atoms with E-state index in [-0.39, 0.29) is 5.91 Å². The predicted octanol–water partition coefficient (Wildman–Crippen LogP) is 1.63. The van der Waals surface area contributed by atoms with E-state index in [9.17, 15) is 4.79 Å². The van der Waals surface area contributed by atoms with Crippen molar-refractivity contribution in [2.75, 3.05) is 33.3 Å². The van der Waals surface area contributed by atoms with Gasteiger partial charge in [-0.15, -0.1) is 5.10 Å². The lowest BCUT2D eigenvalue weighted by molar-refractivity contribution is 0.0627. The molecule has 0 N–H and O–H groups in total. The van der Waals surface area contributed by atoms with Crippen LogP contribution < -0.4 is 4.74 Å². The van der Waals surface area contributed by atoms with E-state index in [0.717, 1.165) is 31.1 Å². The Labute approximate surface area is 163 Å². The molecule has 2 heterocycles. The molecule has 1 aliphatic heterocycles. The summed E-state index contributed by atoms with van der Waals surface area (Å²) in [5, 5.41) is 11.2. The zero-order valence-corrected chi connectivity index (χ0v) is 15.7. The molecular weight excluding hydrogens is 356 g/mol. The van der Waals surface area contributed by atoms with Crippen molar-refractivity contribution >= 4 is 5.91 Å². The van der Waals surface area contributed by atoms with Gasteiger partial charge in [-0.05, 0) is 34.7 Å². The standard InChI is InChI=1S/C20H22N6O2/c1-28-19-8-3-2-5-17(19)14-24-9-11-25(12-10-24)20(27)16-6-4-7-18(13-16)26-15-21-22-23-26/h2-8,13,15H,9-12,14H2,1H3. The minimum absolute atomic E-state index is 0.0341. The highest BCUT2D eigenvalue weighted by Gasteiger charge is 2.23. The molecule has 8 heteroatoms. The first kappa shape index (κ1) is 18.1. The number of aromatic nitrogens is 4. The molecule has 0 saturated carbocycles. The number of carbonyl (C=O) groups is 1. The Morgan fingerprint density at radius 1 is 1.07 bits per heavy atom. The fourth-order valence-corrected chi connectivity index (χ4v) is 3.43. The quantitative estimate of drug-likeness (QED) is 0.672. The molecule has 8 nitrogen and oxygen atoms in total. The van der Waals surface area contributed by atoms with Crippen LogP contribution in [0.15, 0.2) is 54.9 Å². The molecule has 2 aromatic carbocycles. The highest BCUT2D eigenvalue weighted by atomic mass is 16.5. The molecule has 4 rings (SSSR count). The van der Waals surface area contributed by atoms with E-state index < -0.39 is 0 Å². The van der Waals surface area contributed by atoms with Crippen LogP contribution in [0.4, 0.5) is 0 Å². The maximum absolute atomic E-state index is 12.9. The number of piperazine rings is 1. The first-order valence-corrected chi connectivity index (χ1v) is 9.21. The molecule has 1 saturated heterocycles. The SMILES string of the molecule is COc1ccccc1CN1CCN(C(=O)c2cccc(-n3cnnn3)c2)CC1. The summed E-state index contributed by atoms with van der Waals surface area (Å²) in [6.07, 6.45) is 1.51. The third kappa shape index (κ3) is 3.86. The molecule has 28 heavy (non-hydrogen) atoms. The summed E-state index contributed by atoms with van der Waals surface area (Å²) in [7, 11) is 1.69. The van der Waals surface area contributed by atoms with Crippen LogP contribution in [-0.4, -0.2) is 69.2 Å². The molecule has 0 bridgehead atoms. The van der Waals surface area contributed by atoms with E-state index in [1.807, 2.05) is 47.4 Å². The van der Waals surface area contributed by atoms with Crippen LogP contribution in [0.3, 0.4) is 0 Å². The summed E-state index contributed by atoms with van der Waals surface area (Å²) in [5.74, 6) is 0.937. The normalized spacial score (nSPS) is 14.8. The Morgan fingerprint density at radius 3 is 2.64 bits per heavy atom. The van der Waals surface area contributed by atoms with Gasteiger partial charge >= 0.3 is 0 Å². The Kier molecular flexibility index (Phi) is 5.29. The highest BCUT2D eigenvalue weighted by Crippen LogP contribution is 2.20. The van der Waals surface area contributed by atoms with Gasteiger partial charge in [0.25, 0.3) is 5.91 Å². The molecule has 0 radical (unpaired) electrons. The van der Waals surface area contributed by atoms with Crippen molar-refractivity contribution in [2.24, 2.45) is 0 Å². The van der Waals surface area contributed by atoms with Gasteiger partial charge in [0, 0.05) is 43.9 Å². The van der Waals surface area contributed by atoms with Crippen molar-refractivity contribution in [1.82, 2.24) is 30.0 Å². The minimum atomic E-state index is 0.0341. The summed E-state index contributed by atoms with van der Waals surface area (Å²) in [5.41, 5.74) is 2.58. The summed E-state index contributed by atoms with van der Waals surface area (Å²) in [6, 6.07) is 15.4. The number of benzene rings is 2. The number of carbonyl (C=O) groups excluding carboxylic acids is 1. The van der Waals surface area contributed by atoms with E-state index in [2.05, 4.69) is 26.5 Å². The van der Waals surface area contributed by atoms with Crippen molar-refractivity contribution in [3.05, 3.63) is 66.0 Å². The van der Waals surface area contributed by atoms with E-state index in [4.69, 9.17) is 4.74 Å². The molecule has 0 spiro atoms. The van der Waals surface area contributed by atoms with Crippen LogP contribution in [0.2, 0.25) is 0 Å². The topological polar surface area (TPSA) is 76.4 Å². The number of nitrogens with zero attached hydrogens (tertiary/aromatic N) is 6. The summed E-state index contributed by atoms with van der Waals surface area (Å²) >= 11 is 0. The molecular formula is C20H22N6O2. The Hall–Kier alpha value is -3.26. The molecule has 0 atom stereocenters. The van der Waals surface area contributed by atoms with Gasteiger partial charge in [0.2, 0.25) is 0 Å². The second-order valence-corrected chi connectivity index (χ2v) is 6.68. The minimum Gasteiger partial charge on any atom is -0.496 e. The fraction of sp³-hybridized carbons (Fsp3) is 0.300. The molecule has 144 valence electrons. The summed E-state index contributed by atoms with van der Waals surface area (Å²) < 4.78 is 6.98. The van der Waals surface area contributed by atoms with Gasteiger partial charge in [-0.2, -0.15) is 0 Å². The number of hydrogen-bond acceptors (Lipinski definition) is 6. The van der Waals surface area contributed by atoms with E-state index in [1.54, 1.807) is 11.8 Å². The zero-order valence-electron chi connectivity index (χ0n) is 15.7. The third-order valence-corrected chi connectivity index (χ3v) is 4.95. The summed E-state index contributed by atoms with van der Waals surface area (Å²) in [6.45, 7) is 3.87. The van der Waals surface area contributed by atoms with Crippen LogP contribution in [0.25, 0.3) is 5.69 Å². The lowest BCUT2D eigenvalue weighted by Crippen LogP contribution is -2.48. The fourth-order valence-electron chi connectivity index (χ4n) is 3.43. The first-order chi connectivity index (χ1) is 13.7. The zero-order chi connectivity index (χ0) is 19.3. The Morgan fingerprint density at radius 2 is 1.89 bits per heavy atom. The second-order valence-electron chi connectivity index (χ2n) is 6.68. The van der Waals surface area contributed by atoms with Crippen LogP contribution in [-0.2, 0) is 6.54 Å². The van der Waals surface area contributed by atoms with Gasteiger partial charge in [-0.25, -0.2) is 4.68 Å². The van der Waals surface area contributed by atoms with E-state index in [1.165, 1.54) is 11.9 Å². The summed E-state index contributed by atoms with van der Waals surface area (Å²) in [4.78, 5) is 17.2. The third-order valence-electron chi connectivity index (χ3n) is 4.95. The van der Waals surface area contributed by atoms with Gasteiger partial charge in [0.15, 0.2) is 0 Å². The van der Waals surface area contributed by atoms with Gasteiger partial charge in [-0.1, -0.05) is 24.3 Å². The van der Waals surface area contributed by atoms with Gasteiger partial charge < -0.3 is 9.64 Å². The number of amides is 1. The van der Waals surface area contributed by atoms with Crippen molar-refractivity contribution < 1.29 is 9.53 Å². The number of para-hydroxylation sites is 1. The molecule has 0 aliphatic carbocycles. The Bertz CT molecular complexity index is 935. The molecule has 1 amide bonds. The number of tetrazole rings is 1. The average Bonchev–Trinajstić information content (AvgIpc) is 3.29. The van der Waals surface area contributed by atoms with Crippen LogP contribution in [0.5, 0.6) is 5.75 Å². The number of methoxy groups -OCH3 is 1. The maximum atomic E-state index is 12.9. The molecule has 1 aromatic heterocycles. The maximum Gasteiger partial charge on any atom is 0.254 e. The predicted molar refractivity (Wildman–Crippen MR) is 103 cm³/mol. The largest absolute Gasteiger partial charge is 0.496 e. The smallest absolute Gasteiger partial charge is 0.254 e. The highest BCUT2D eigenvalue weighted by molar-refractivity contribution is 5.94. The lowest BCUT2D eigenvalue weighted by atomic mass is 10.1. The molecule has 3 aromatic rings. The van der Waals surface area contributed by atoms with Crippen LogP contribution >= 0.6 is 0 Å². The average molecular weight is 378 g/mol. The van der Waals surface area contributed by atoms with E-state index in [0.29, 0.717) is 18.7 Å². The molecule has 1 aliphatic rings. The number of hydrogen-bond donors (Lipinski definition) is 0. The van der Waals surface area contributed by atoms with Crippen molar-refractivity contribution in [3.63, 3.8) is 0 Å². The van der Waals surface area contributed by atoms with Crippen LogP contribution in [0.1, 0.15) is 15.9 Å². The molecule has 0 unspecified atom stereocenters. The lowest BCUT2D eigenvalue weighted by Gasteiger charge is -2.35. The van der Waals surface area contributed by atoms with E-state index >= 15 is 0 Å². The molecule has 1 fully saturated rings. The van der Waals surface area contributed by atoms with Crippen molar-refractivity contribution in [2.45, 2.75) is 6.54 Å². The number of ether oxygens (including phenoxy) is 1. The first-order valence-electron chi connectivity index (χ1n) is 9.21. The van der Waals surface area contributed by atoms with Crippen molar-refractivity contribution in [3.8, 4) is 11.4 Å². The van der Waals surface area contributed by atoms with Gasteiger partial charge in [-0.3, -0.25) is 9.69 Å². The van der Waals surface area contributed by atoms with Gasteiger partial charge in [0.1, 0.15) is 12.1 Å². The second kappa shape index (κ2) is 8.18. The Balaban J connectivity index is 1.38. The monoisotopic (exact) mass is 378 g/mol. The number of rotatable bonds is 5. The van der Waals surface area contributed by atoms with Crippen LogP contribution in [0, 0.1) is 0 Å².